The minimum atomic E-state index is -1.31. The lowest BCUT2D eigenvalue weighted by Crippen LogP contribution is -2.47. The molecular formula is C20H27O3+. The van der Waals surface area contributed by atoms with E-state index < -0.39 is 11.2 Å². The van der Waals surface area contributed by atoms with Gasteiger partial charge in [0, 0.05) is 24.2 Å². The van der Waals surface area contributed by atoms with Crippen LogP contribution in [0.3, 0.4) is 0 Å². The van der Waals surface area contributed by atoms with Crippen LogP contribution in [0.25, 0.3) is 0 Å². The molecule has 0 spiro atoms. The molecule has 0 aromatic heterocycles. The molecule has 0 heterocycles. The molecule has 6 atom stereocenters. The van der Waals surface area contributed by atoms with Crippen LogP contribution in [-0.4, -0.2) is 27.2 Å². The Morgan fingerprint density at radius 3 is 2.52 bits per heavy atom. The predicted octanol–water partition coefficient (Wildman–Crippen LogP) is 2.83. The molecule has 0 bridgehead atoms. The van der Waals surface area contributed by atoms with E-state index in [-0.39, 0.29) is 34.9 Å². The summed E-state index contributed by atoms with van der Waals surface area (Å²) >= 11 is 0. The van der Waals surface area contributed by atoms with Gasteiger partial charge in [-0.1, -0.05) is 19.4 Å². The van der Waals surface area contributed by atoms with E-state index in [0.29, 0.717) is 12.0 Å². The second-order valence-electron chi connectivity index (χ2n) is 9.03. The van der Waals surface area contributed by atoms with Gasteiger partial charge in [0.2, 0.25) is 0 Å². The predicted molar refractivity (Wildman–Crippen MR) is 88.3 cm³/mol. The van der Waals surface area contributed by atoms with Gasteiger partial charge in [-0.15, -0.1) is 0 Å². The van der Waals surface area contributed by atoms with Crippen molar-refractivity contribution in [1.29, 1.82) is 0 Å². The minimum absolute atomic E-state index is 0.103. The molecule has 0 radical (unpaired) electrons. The first-order valence-corrected chi connectivity index (χ1v) is 8.76. The Labute approximate surface area is 138 Å². The number of carbonyl (C=O) groups excluding carboxylic acids is 1. The van der Waals surface area contributed by atoms with Crippen molar-refractivity contribution in [3.63, 3.8) is 0 Å². The Morgan fingerprint density at radius 1 is 1.22 bits per heavy atom. The van der Waals surface area contributed by atoms with Crippen molar-refractivity contribution in [1.82, 2.24) is 0 Å². The van der Waals surface area contributed by atoms with Crippen LogP contribution < -0.4 is 0 Å². The van der Waals surface area contributed by atoms with Gasteiger partial charge < -0.3 is 10.2 Å². The fraction of sp³-hybridized carbons (Fsp3) is 0.700. The number of aliphatic hydroxyl groups is 2. The zero-order valence-electron chi connectivity index (χ0n) is 14.7. The highest BCUT2D eigenvalue weighted by atomic mass is 16.3. The molecule has 4 aliphatic rings. The van der Waals surface area contributed by atoms with Gasteiger partial charge in [0.25, 0.3) is 0 Å². The van der Waals surface area contributed by atoms with E-state index in [4.69, 9.17) is 0 Å². The molecule has 4 rings (SSSR count). The van der Waals surface area contributed by atoms with E-state index >= 15 is 0 Å². The third-order valence-electron chi connectivity index (χ3n) is 7.31. The third-order valence-corrected chi connectivity index (χ3v) is 7.31. The number of hydrogen-bond donors (Lipinski definition) is 2. The van der Waals surface area contributed by atoms with Gasteiger partial charge in [0.05, 0.1) is 5.60 Å². The monoisotopic (exact) mass is 315 g/mol. The maximum atomic E-state index is 12.6. The Balaban J connectivity index is 1.84. The quantitative estimate of drug-likeness (QED) is 0.534. The molecule has 23 heavy (non-hydrogen) atoms. The van der Waals surface area contributed by atoms with Crippen molar-refractivity contribution in [2.45, 2.75) is 58.7 Å². The molecule has 2 fully saturated rings. The summed E-state index contributed by atoms with van der Waals surface area (Å²) in [5, 5.41) is 22.3. The van der Waals surface area contributed by atoms with Crippen LogP contribution in [0.2, 0.25) is 0 Å². The van der Waals surface area contributed by atoms with Crippen LogP contribution >= 0.6 is 0 Å². The highest BCUT2D eigenvalue weighted by Crippen LogP contribution is 2.74. The Kier molecular flexibility index (Phi) is 2.77. The van der Waals surface area contributed by atoms with Crippen LogP contribution in [0.1, 0.15) is 47.5 Å². The number of rotatable bonds is 0. The van der Waals surface area contributed by atoms with Crippen molar-refractivity contribution in [3.8, 4) is 0 Å². The first-order valence-electron chi connectivity index (χ1n) is 8.76. The fourth-order valence-corrected chi connectivity index (χ4v) is 6.12. The van der Waals surface area contributed by atoms with E-state index in [0.717, 1.165) is 12.0 Å². The summed E-state index contributed by atoms with van der Waals surface area (Å²) in [6.07, 6.45) is 5.34. The number of allylic oxidation sites excluding steroid dienone is 1. The summed E-state index contributed by atoms with van der Waals surface area (Å²) in [6.45, 7) is 10.3. The van der Waals surface area contributed by atoms with Gasteiger partial charge in [-0.3, -0.25) is 4.79 Å². The van der Waals surface area contributed by atoms with E-state index in [9.17, 15) is 15.0 Å². The van der Waals surface area contributed by atoms with Crippen LogP contribution in [0.5, 0.6) is 0 Å². The summed E-state index contributed by atoms with van der Waals surface area (Å²) in [7, 11) is 0. The van der Waals surface area contributed by atoms with Gasteiger partial charge in [-0.05, 0) is 38.5 Å². The third kappa shape index (κ3) is 1.63. The molecule has 0 amide bonds. The lowest BCUT2D eigenvalue weighted by Gasteiger charge is -2.34. The highest BCUT2D eigenvalue weighted by molar-refractivity contribution is 6.05. The molecule has 3 heteroatoms. The Hall–Kier alpha value is -1.06. The highest BCUT2D eigenvalue weighted by Gasteiger charge is 2.81. The zero-order valence-corrected chi connectivity index (χ0v) is 14.7. The van der Waals surface area contributed by atoms with Gasteiger partial charge in [-0.2, -0.15) is 0 Å². The van der Waals surface area contributed by atoms with Gasteiger partial charge in [-0.25, -0.2) is 0 Å². The number of fused-ring (bicyclic) bond motifs is 5. The summed E-state index contributed by atoms with van der Waals surface area (Å²) in [6, 6.07) is 0. The number of hydrogen-bond acceptors (Lipinski definition) is 3. The lowest BCUT2D eigenvalue weighted by molar-refractivity contribution is -0.135. The van der Waals surface area contributed by atoms with Gasteiger partial charge >= 0.3 is 0 Å². The molecule has 0 aliphatic heterocycles. The molecule has 2 saturated carbocycles. The largest absolute Gasteiger partial charge is 0.389 e. The first-order chi connectivity index (χ1) is 10.5. The second-order valence-corrected chi connectivity index (χ2v) is 9.03. The lowest BCUT2D eigenvalue weighted by atomic mass is 9.63. The van der Waals surface area contributed by atoms with Crippen molar-refractivity contribution in [2.24, 2.45) is 29.1 Å². The standard InChI is InChI=1S/C20H27O3/c1-10-6-13-15(12(3)9-20(23)16(13)18(20,4)5)14-7-11(2)17(21)19(14,22)8-10/h6-7,12-14,16,22-23H,8-9H2,1-5H3/q+1/t12-,13-,14+,16-,19-,20+/m1/s1. The Morgan fingerprint density at radius 2 is 1.87 bits per heavy atom. The summed E-state index contributed by atoms with van der Waals surface area (Å²) in [5.41, 5.74) is -0.276. The maximum absolute atomic E-state index is 12.6. The fourth-order valence-electron chi connectivity index (χ4n) is 6.12. The summed E-state index contributed by atoms with van der Waals surface area (Å²) in [4.78, 5) is 12.6. The van der Waals surface area contributed by atoms with Gasteiger partial charge in [0.15, 0.2) is 17.3 Å². The smallest absolute Gasteiger partial charge is 0.195 e. The number of ketones is 1. The SMILES string of the molecule is CC1=C[C@@H]2[C+]([C@H](C)C[C@]3(O)[C@H]2C3(C)C)[C@@H]2C=C(C)C(=O)[C@@]2(O)C1. The minimum Gasteiger partial charge on any atom is -0.389 e. The van der Waals surface area contributed by atoms with E-state index in [1.807, 2.05) is 19.9 Å². The van der Waals surface area contributed by atoms with Crippen molar-refractivity contribution in [3.05, 3.63) is 29.2 Å². The van der Waals surface area contributed by atoms with Gasteiger partial charge in [0.1, 0.15) is 17.8 Å². The summed E-state index contributed by atoms with van der Waals surface area (Å²) in [5.74, 6) is 1.50. The number of carbonyl (C=O) groups is 1. The van der Waals surface area contributed by atoms with Crippen molar-refractivity contribution in [2.75, 3.05) is 0 Å². The van der Waals surface area contributed by atoms with Crippen LogP contribution in [-0.2, 0) is 4.79 Å². The molecule has 0 unspecified atom stereocenters. The maximum Gasteiger partial charge on any atom is 0.195 e. The molecule has 0 aromatic rings. The molecule has 124 valence electrons. The molecule has 2 N–H and O–H groups in total. The van der Waals surface area contributed by atoms with Crippen molar-refractivity contribution >= 4 is 5.78 Å². The average Bonchev–Trinajstić information content (AvgIpc) is 2.81. The average molecular weight is 315 g/mol. The second kappa shape index (κ2) is 4.12. The van der Waals surface area contributed by atoms with E-state index in [1.54, 1.807) is 0 Å². The van der Waals surface area contributed by atoms with E-state index in [1.165, 1.54) is 5.92 Å². The number of Topliss-reactive ketones (excluding diaryl/α,β-unsaturated/α-hetero) is 1. The molecular weight excluding hydrogens is 288 g/mol. The van der Waals surface area contributed by atoms with E-state index in [2.05, 4.69) is 26.8 Å². The summed E-state index contributed by atoms with van der Waals surface area (Å²) < 4.78 is 0. The normalized spacial score (nSPS) is 50.4. The molecule has 0 saturated heterocycles. The molecule has 4 aliphatic carbocycles. The molecule has 0 aromatic carbocycles. The topological polar surface area (TPSA) is 57.5 Å². The van der Waals surface area contributed by atoms with Crippen LogP contribution in [0.15, 0.2) is 23.3 Å². The van der Waals surface area contributed by atoms with Crippen molar-refractivity contribution < 1.29 is 15.0 Å². The Bertz CT molecular complexity index is 658. The van der Waals surface area contributed by atoms with Crippen LogP contribution in [0, 0.1) is 35.0 Å². The molecule has 3 nitrogen and oxygen atoms in total. The zero-order chi connectivity index (χ0) is 16.9. The van der Waals surface area contributed by atoms with Crippen LogP contribution in [0.4, 0.5) is 0 Å². The first kappa shape index (κ1) is 15.5.